The predicted molar refractivity (Wildman–Crippen MR) is 73.1 cm³/mol. The summed E-state index contributed by atoms with van der Waals surface area (Å²) in [5.74, 6) is 0.159. The standard InChI is InChI=1S/C12H11N5O2S/c1-8-5-9(14)7-16-12(8)17-20(18,19)11-3-2-4-15-10(11)6-13/h2-5,7H,14H2,1H3,(H,16,17). The van der Waals surface area contributed by atoms with Gasteiger partial charge in [-0.3, -0.25) is 4.72 Å². The molecular weight excluding hydrogens is 278 g/mol. The summed E-state index contributed by atoms with van der Waals surface area (Å²) in [6, 6.07) is 6.09. The fraction of sp³-hybridized carbons (Fsp3) is 0.0833. The van der Waals surface area contributed by atoms with Crippen molar-refractivity contribution in [1.82, 2.24) is 9.97 Å². The number of sulfonamides is 1. The van der Waals surface area contributed by atoms with Gasteiger partial charge in [-0.15, -0.1) is 0 Å². The third-order valence-electron chi connectivity index (χ3n) is 2.50. The highest BCUT2D eigenvalue weighted by atomic mass is 32.2. The van der Waals surface area contributed by atoms with E-state index in [1.165, 1.54) is 24.5 Å². The minimum atomic E-state index is -3.93. The molecule has 2 aromatic heterocycles. The molecule has 0 aliphatic carbocycles. The number of nitrogens with one attached hydrogen (secondary N) is 1. The molecule has 0 unspecified atom stereocenters. The normalized spacial score (nSPS) is 10.8. The minimum absolute atomic E-state index is 0.159. The molecule has 0 aromatic carbocycles. The molecule has 20 heavy (non-hydrogen) atoms. The molecule has 0 saturated carbocycles. The number of hydrogen-bond acceptors (Lipinski definition) is 6. The first-order chi connectivity index (χ1) is 9.44. The molecule has 0 atom stereocenters. The number of nitriles is 1. The van der Waals surface area contributed by atoms with Crippen LogP contribution in [0.4, 0.5) is 11.5 Å². The smallest absolute Gasteiger partial charge is 0.265 e. The maximum Gasteiger partial charge on any atom is 0.265 e. The number of aryl methyl sites for hydroxylation is 1. The number of aromatic nitrogens is 2. The van der Waals surface area contributed by atoms with Crippen molar-refractivity contribution in [2.75, 3.05) is 10.5 Å². The molecule has 2 aromatic rings. The predicted octanol–water partition coefficient (Wildman–Crippen LogP) is 1.04. The molecule has 0 spiro atoms. The van der Waals surface area contributed by atoms with Gasteiger partial charge in [-0.1, -0.05) is 0 Å². The Hall–Kier alpha value is -2.66. The number of hydrogen-bond donors (Lipinski definition) is 2. The van der Waals surface area contributed by atoms with Crippen LogP contribution in [0.1, 0.15) is 11.3 Å². The number of nitrogens with zero attached hydrogens (tertiary/aromatic N) is 3. The van der Waals surface area contributed by atoms with Crippen molar-refractivity contribution in [1.29, 1.82) is 5.26 Å². The summed E-state index contributed by atoms with van der Waals surface area (Å²) in [4.78, 5) is 7.45. The van der Waals surface area contributed by atoms with Crippen LogP contribution >= 0.6 is 0 Å². The zero-order valence-electron chi connectivity index (χ0n) is 10.5. The third kappa shape index (κ3) is 2.67. The molecule has 2 heterocycles. The van der Waals surface area contributed by atoms with Gasteiger partial charge in [0.1, 0.15) is 16.8 Å². The van der Waals surface area contributed by atoms with Crippen LogP contribution in [0.2, 0.25) is 0 Å². The Bertz CT molecular complexity index is 796. The molecule has 0 amide bonds. The molecule has 0 aliphatic rings. The maximum absolute atomic E-state index is 12.2. The van der Waals surface area contributed by atoms with Crippen LogP contribution in [-0.4, -0.2) is 18.4 Å². The first kappa shape index (κ1) is 13.8. The molecule has 102 valence electrons. The lowest BCUT2D eigenvalue weighted by Crippen LogP contribution is -2.16. The van der Waals surface area contributed by atoms with E-state index in [1.807, 2.05) is 0 Å². The van der Waals surface area contributed by atoms with Gasteiger partial charge in [0, 0.05) is 6.20 Å². The van der Waals surface area contributed by atoms with Crippen molar-refractivity contribution < 1.29 is 8.42 Å². The van der Waals surface area contributed by atoms with Crippen molar-refractivity contribution in [3.8, 4) is 6.07 Å². The Morgan fingerprint density at radius 2 is 2.15 bits per heavy atom. The van der Waals surface area contributed by atoms with Gasteiger partial charge in [-0.05, 0) is 30.7 Å². The van der Waals surface area contributed by atoms with Crippen LogP contribution in [0.5, 0.6) is 0 Å². The van der Waals surface area contributed by atoms with E-state index in [0.29, 0.717) is 11.3 Å². The number of pyridine rings is 2. The van der Waals surface area contributed by atoms with E-state index >= 15 is 0 Å². The summed E-state index contributed by atoms with van der Waals surface area (Å²) in [7, 11) is -3.93. The Kier molecular flexibility index (Phi) is 3.54. The van der Waals surface area contributed by atoms with Gasteiger partial charge in [0.05, 0.1) is 11.9 Å². The fourth-order valence-electron chi connectivity index (χ4n) is 1.58. The zero-order valence-corrected chi connectivity index (χ0v) is 11.3. The van der Waals surface area contributed by atoms with Gasteiger partial charge in [0.25, 0.3) is 10.0 Å². The molecule has 0 bridgehead atoms. The van der Waals surface area contributed by atoms with Gasteiger partial charge < -0.3 is 5.73 Å². The van der Waals surface area contributed by atoms with E-state index in [-0.39, 0.29) is 16.4 Å². The summed E-state index contributed by atoms with van der Waals surface area (Å²) >= 11 is 0. The minimum Gasteiger partial charge on any atom is -0.397 e. The average molecular weight is 289 g/mol. The zero-order chi connectivity index (χ0) is 14.8. The Labute approximate surface area is 116 Å². The van der Waals surface area contributed by atoms with Gasteiger partial charge in [-0.2, -0.15) is 5.26 Å². The summed E-state index contributed by atoms with van der Waals surface area (Å²) in [5, 5.41) is 8.90. The van der Waals surface area contributed by atoms with E-state index in [4.69, 9.17) is 11.0 Å². The van der Waals surface area contributed by atoms with Gasteiger partial charge in [-0.25, -0.2) is 18.4 Å². The highest BCUT2D eigenvalue weighted by Crippen LogP contribution is 2.20. The van der Waals surface area contributed by atoms with E-state index in [0.717, 1.165) is 0 Å². The SMILES string of the molecule is Cc1cc(N)cnc1NS(=O)(=O)c1cccnc1C#N. The molecule has 0 saturated heterocycles. The largest absolute Gasteiger partial charge is 0.397 e. The van der Waals surface area contributed by atoms with E-state index in [1.54, 1.807) is 19.1 Å². The van der Waals surface area contributed by atoms with Crippen LogP contribution in [0.3, 0.4) is 0 Å². The second kappa shape index (κ2) is 5.14. The van der Waals surface area contributed by atoms with E-state index in [9.17, 15) is 8.42 Å². The topological polar surface area (TPSA) is 122 Å². The molecule has 3 N–H and O–H groups in total. The lowest BCUT2D eigenvalue weighted by molar-refractivity contribution is 0.600. The quantitative estimate of drug-likeness (QED) is 0.870. The first-order valence-corrected chi connectivity index (χ1v) is 7.02. The highest BCUT2D eigenvalue weighted by Gasteiger charge is 2.20. The lowest BCUT2D eigenvalue weighted by Gasteiger charge is -2.10. The average Bonchev–Trinajstić information content (AvgIpc) is 2.42. The van der Waals surface area contributed by atoms with E-state index in [2.05, 4.69) is 14.7 Å². The van der Waals surface area contributed by atoms with Gasteiger partial charge >= 0.3 is 0 Å². The summed E-state index contributed by atoms with van der Waals surface area (Å²) in [5.41, 5.74) is 6.40. The van der Waals surface area contributed by atoms with Gasteiger partial charge in [0.2, 0.25) is 0 Å². The van der Waals surface area contributed by atoms with Crippen LogP contribution in [-0.2, 0) is 10.0 Å². The molecule has 0 radical (unpaired) electrons. The molecule has 0 fully saturated rings. The third-order valence-corrected chi connectivity index (χ3v) is 3.87. The first-order valence-electron chi connectivity index (χ1n) is 5.54. The summed E-state index contributed by atoms with van der Waals surface area (Å²) < 4.78 is 26.8. The Balaban J connectivity index is 2.44. The number of anilines is 2. The van der Waals surface area contributed by atoms with Crippen LogP contribution in [0.15, 0.2) is 35.5 Å². The highest BCUT2D eigenvalue weighted by molar-refractivity contribution is 7.92. The summed E-state index contributed by atoms with van der Waals surface area (Å²) in [6.07, 6.45) is 2.70. The van der Waals surface area contributed by atoms with Crippen molar-refractivity contribution in [2.45, 2.75) is 11.8 Å². The molecule has 7 nitrogen and oxygen atoms in total. The number of nitrogens with two attached hydrogens (primary N) is 1. The summed E-state index contributed by atoms with van der Waals surface area (Å²) in [6.45, 7) is 1.68. The van der Waals surface area contributed by atoms with Crippen molar-refractivity contribution in [3.63, 3.8) is 0 Å². The second-order valence-electron chi connectivity index (χ2n) is 4.00. The van der Waals surface area contributed by atoms with Crippen LogP contribution < -0.4 is 10.5 Å². The fourth-order valence-corrected chi connectivity index (χ4v) is 2.77. The van der Waals surface area contributed by atoms with E-state index < -0.39 is 10.0 Å². The monoisotopic (exact) mass is 289 g/mol. The molecule has 8 heteroatoms. The lowest BCUT2D eigenvalue weighted by atomic mass is 10.3. The second-order valence-corrected chi connectivity index (χ2v) is 5.65. The molecule has 2 rings (SSSR count). The van der Waals surface area contributed by atoms with Crippen molar-refractivity contribution >= 4 is 21.5 Å². The Morgan fingerprint density at radius 3 is 2.80 bits per heavy atom. The number of nitrogen functional groups attached to an aromatic ring is 1. The van der Waals surface area contributed by atoms with Crippen molar-refractivity contribution in [2.24, 2.45) is 0 Å². The van der Waals surface area contributed by atoms with Crippen molar-refractivity contribution in [3.05, 3.63) is 41.9 Å². The maximum atomic E-state index is 12.2. The van der Waals surface area contributed by atoms with Crippen LogP contribution in [0.25, 0.3) is 0 Å². The molecule has 0 aliphatic heterocycles. The Morgan fingerprint density at radius 1 is 1.40 bits per heavy atom. The number of rotatable bonds is 3. The molecular formula is C12H11N5O2S. The van der Waals surface area contributed by atoms with Crippen LogP contribution in [0, 0.1) is 18.3 Å². The van der Waals surface area contributed by atoms with Gasteiger partial charge in [0.15, 0.2) is 5.69 Å².